The van der Waals surface area contributed by atoms with E-state index < -0.39 is 5.82 Å². The molecule has 0 radical (unpaired) electrons. The van der Waals surface area contributed by atoms with E-state index in [9.17, 15) is 9.18 Å². The number of alkyl halides is 1. The van der Waals surface area contributed by atoms with Crippen molar-refractivity contribution in [1.29, 1.82) is 5.26 Å². The van der Waals surface area contributed by atoms with E-state index in [0.29, 0.717) is 0 Å². The molecule has 0 heterocycles. The zero-order valence-corrected chi connectivity index (χ0v) is 9.47. The first-order chi connectivity index (χ1) is 7.13. The van der Waals surface area contributed by atoms with E-state index in [2.05, 4.69) is 15.9 Å². The number of carbonyl (C=O) groups excluding carboxylic acids is 1. The predicted octanol–water partition coefficient (Wildman–Crippen LogP) is 2.28. The van der Waals surface area contributed by atoms with E-state index in [4.69, 9.17) is 10.00 Å². The molecule has 0 atom stereocenters. The van der Waals surface area contributed by atoms with Crippen molar-refractivity contribution < 1.29 is 13.9 Å². The van der Waals surface area contributed by atoms with Gasteiger partial charge in [-0.05, 0) is 12.1 Å². The molecule has 0 saturated carbocycles. The van der Waals surface area contributed by atoms with Gasteiger partial charge in [-0.25, -0.2) is 4.39 Å². The number of Topliss-reactive ketones (excluding diaryl/α,β-unsaturated/α-hetero) is 1. The van der Waals surface area contributed by atoms with Gasteiger partial charge in [0.25, 0.3) is 0 Å². The third-order valence-electron chi connectivity index (χ3n) is 1.83. The van der Waals surface area contributed by atoms with Crippen molar-refractivity contribution in [2.45, 2.75) is 0 Å². The van der Waals surface area contributed by atoms with Crippen LogP contribution in [-0.4, -0.2) is 18.2 Å². The van der Waals surface area contributed by atoms with Crippen molar-refractivity contribution in [3.63, 3.8) is 0 Å². The quantitative estimate of drug-likeness (QED) is 0.626. The Morgan fingerprint density at radius 2 is 2.33 bits per heavy atom. The van der Waals surface area contributed by atoms with Crippen LogP contribution in [0.25, 0.3) is 0 Å². The number of nitriles is 1. The first-order valence-electron chi connectivity index (χ1n) is 4.00. The van der Waals surface area contributed by atoms with Crippen molar-refractivity contribution in [3.05, 3.63) is 29.1 Å². The minimum atomic E-state index is -0.653. The van der Waals surface area contributed by atoms with E-state index >= 15 is 0 Å². The Labute approximate surface area is 94.6 Å². The Kier molecular flexibility index (Phi) is 3.81. The van der Waals surface area contributed by atoms with Crippen molar-refractivity contribution in [1.82, 2.24) is 0 Å². The van der Waals surface area contributed by atoms with E-state index in [1.54, 1.807) is 6.07 Å². The van der Waals surface area contributed by atoms with Crippen LogP contribution in [0, 0.1) is 17.1 Å². The van der Waals surface area contributed by atoms with Crippen molar-refractivity contribution in [2.75, 3.05) is 12.4 Å². The molecule has 0 aromatic heterocycles. The standard InChI is InChI=1S/C10H7BrFNO2/c1-15-10-3-7(9(14)4-11)6(5-13)2-8(10)12/h2-3H,4H2,1H3. The summed E-state index contributed by atoms with van der Waals surface area (Å²) in [6.45, 7) is 0. The number of hydrogen-bond donors (Lipinski definition) is 0. The molecule has 1 rings (SSSR count). The predicted molar refractivity (Wildman–Crippen MR) is 55.8 cm³/mol. The van der Waals surface area contributed by atoms with Gasteiger partial charge in [0.2, 0.25) is 0 Å². The molecule has 78 valence electrons. The summed E-state index contributed by atoms with van der Waals surface area (Å²) in [7, 11) is 1.30. The molecule has 1 aromatic carbocycles. The van der Waals surface area contributed by atoms with Crippen LogP contribution < -0.4 is 4.74 Å². The highest BCUT2D eigenvalue weighted by molar-refractivity contribution is 9.09. The van der Waals surface area contributed by atoms with Gasteiger partial charge in [-0.2, -0.15) is 5.26 Å². The summed E-state index contributed by atoms with van der Waals surface area (Å²) in [5.74, 6) is -0.983. The first-order valence-corrected chi connectivity index (χ1v) is 5.13. The molecule has 0 N–H and O–H groups in total. The van der Waals surface area contributed by atoms with Gasteiger partial charge in [-0.15, -0.1) is 0 Å². The number of ether oxygens (including phenoxy) is 1. The smallest absolute Gasteiger partial charge is 0.174 e. The molecule has 15 heavy (non-hydrogen) atoms. The molecule has 0 aliphatic rings. The van der Waals surface area contributed by atoms with Crippen LogP contribution in [0.15, 0.2) is 12.1 Å². The number of methoxy groups -OCH3 is 1. The molecule has 0 spiro atoms. The average molecular weight is 272 g/mol. The summed E-state index contributed by atoms with van der Waals surface area (Å²) < 4.78 is 17.9. The molecule has 0 fully saturated rings. The maximum atomic E-state index is 13.2. The Balaban J connectivity index is 3.37. The minimum absolute atomic E-state index is 0.0118. The molecular formula is C10H7BrFNO2. The van der Waals surface area contributed by atoms with Crippen molar-refractivity contribution >= 4 is 21.7 Å². The molecule has 0 aliphatic carbocycles. The van der Waals surface area contributed by atoms with Crippen molar-refractivity contribution in [2.24, 2.45) is 0 Å². The SMILES string of the molecule is COc1cc(C(=O)CBr)c(C#N)cc1F. The second-order valence-corrected chi connectivity index (χ2v) is 3.26. The number of halogens is 2. The fraction of sp³-hybridized carbons (Fsp3) is 0.200. The molecular weight excluding hydrogens is 265 g/mol. The van der Waals surface area contributed by atoms with Gasteiger partial charge in [0.15, 0.2) is 17.3 Å². The van der Waals surface area contributed by atoms with Gasteiger partial charge in [0.1, 0.15) is 0 Å². The van der Waals surface area contributed by atoms with Gasteiger partial charge in [-0.1, -0.05) is 15.9 Å². The van der Waals surface area contributed by atoms with Crippen LogP contribution in [0.3, 0.4) is 0 Å². The number of rotatable bonds is 3. The average Bonchev–Trinajstić information content (AvgIpc) is 2.27. The van der Waals surface area contributed by atoms with Gasteiger partial charge in [0, 0.05) is 5.56 Å². The summed E-state index contributed by atoms with van der Waals surface area (Å²) in [4.78, 5) is 11.4. The van der Waals surface area contributed by atoms with E-state index in [-0.39, 0.29) is 28.0 Å². The van der Waals surface area contributed by atoms with E-state index in [1.807, 2.05) is 0 Å². The molecule has 0 amide bonds. The molecule has 1 aromatic rings. The third-order valence-corrected chi connectivity index (χ3v) is 2.34. The Bertz CT molecular complexity index is 440. The molecule has 0 saturated heterocycles. The fourth-order valence-corrected chi connectivity index (χ4v) is 1.41. The normalized spacial score (nSPS) is 9.47. The van der Waals surface area contributed by atoms with Crippen LogP contribution in [0.2, 0.25) is 0 Å². The lowest BCUT2D eigenvalue weighted by Gasteiger charge is -2.05. The molecule has 5 heteroatoms. The van der Waals surface area contributed by atoms with Gasteiger partial charge in [-0.3, -0.25) is 4.79 Å². The number of carbonyl (C=O) groups is 1. The Hall–Kier alpha value is -1.41. The van der Waals surface area contributed by atoms with E-state index in [0.717, 1.165) is 6.07 Å². The van der Waals surface area contributed by atoms with Crippen LogP contribution in [0.4, 0.5) is 4.39 Å². The molecule has 0 unspecified atom stereocenters. The second kappa shape index (κ2) is 4.89. The number of nitrogens with zero attached hydrogens (tertiary/aromatic N) is 1. The molecule has 0 bridgehead atoms. The molecule has 0 aliphatic heterocycles. The number of hydrogen-bond acceptors (Lipinski definition) is 3. The van der Waals surface area contributed by atoms with Crippen LogP contribution in [0.1, 0.15) is 15.9 Å². The van der Waals surface area contributed by atoms with E-state index in [1.165, 1.54) is 13.2 Å². The first kappa shape index (κ1) is 11.7. The highest BCUT2D eigenvalue weighted by Gasteiger charge is 2.15. The highest BCUT2D eigenvalue weighted by Crippen LogP contribution is 2.22. The number of benzene rings is 1. The van der Waals surface area contributed by atoms with Crippen LogP contribution in [-0.2, 0) is 0 Å². The van der Waals surface area contributed by atoms with Crippen LogP contribution in [0.5, 0.6) is 5.75 Å². The maximum Gasteiger partial charge on any atom is 0.174 e. The fourth-order valence-electron chi connectivity index (χ4n) is 1.11. The lowest BCUT2D eigenvalue weighted by Crippen LogP contribution is -2.05. The van der Waals surface area contributed by atoms with Gasteiger partial charge >= 0.3 is 0 Å². The lowest BCUT2D eigenvalue weighted by atomic mass is 10.0. The third kappa shape index (κ3) is 2.34. The van der Waals surface area contributed by atoms with Gasteiger partial charge in [0.05, 0.1) is 24.1 Å². The Morgan fingerprint density at radius 1 is 1.67 bits per heavy atom. The monoisotopic (exact) mass is 271 g/mol. The molecule has 3 nitrogen and oxygen atoms in total. The summed E-state index contributed by atoms with van der Waals surface area (Å²) >= 11 is 2.99. The largest absolute Gasteiger partial charge is 0.494 e. The van der Waals surface area contributed by atoms with Crippen LogP contribution >= 0.6 is 15.9 Å². The van der Waals surface area contributed by atoms with Crippen molar-refractivity contribution in [3.8, 4) is 11.8 Å². The minimum Gasteiger partial charge on any atom is -0.494 e. The summed E-state index contributed by atoms with van der Waals surface area (Å²) in [6, 6.07) is 3.99. The summed E-state index contributed by atoms with van der Waals surface area (Å²) in [5.41, 5.74) is 0.172. The maximum absolute atomic E-state index is 13.2. The summed E-state index contributed by atoms with van der Waals surface area (Å²) in [6.07, 6.45) is 0. The Morgan fingerprint density at radius 3 is 2.80 bits per heavy atom. The second-order valence-electron chi connectivity index (χ2n) is 2.70. The number of ketones is 1. The summed E-state index contributed by atoms with van der Waals surface area (Å²) in [5, 5.41) is 8.81. The zero-order chi connectivity index (χ0) is 11.4. The highest BCUT2D eigenvalue weighted by atomic mass is 79.9. The van der Waals surface area contributed by atoms with Gasteiger partial charge < -0.3 is 4.74 Å². The zero-order valence-electron chi connectivity index (χ0n) is 7.88. The topological polar surface area (TPSA) is 50.1 Å². The lowest BCUT2D eigenvalue weighted by molar-refractivity contribution is 0.102.